The smallest absolute Gasteiger partial charge is 0.227 e. The van der Waals surface area contributed by atoms with Gasteiger partial charge < -0.3 is 9.80 Å². The number of unbranched alkanes of at least 4 members (excludes halogenated alkanes) is 14. The van der Waals surface area contributed by atoms with Crippen LogP contribution in [0.2, 0.25) is 0 Å². The molecule has 0 fully saturated rings. The van der Waals surface area contributed by atoms with E-state index < -0.39 is 0 Å². The van der Waals surface area contributed by atoms with Gasteiger partial charge in [-0.25, -0.2) is 9.56 Å². The maximum absolute atomic E-state index is 5.15. The fourth-order valence-electron chi connectivity index (χ4n) is 5.85. The van der Waals surface area contributed by atoms with E-state index in [4.69, 9.17) is 4.98 Å². The van der Waals surface area contributed by atoms with Gasteiger partial charge in [-0.3, -0.25) is 0 Å². The molecule has 4 nitrogen and oxygen atoms in total. The van der Waals surface area contributed by atoms with Gasteiger partial charge in [-0.05, 0) is 37.1 Å². The van der Waals surface area contributed by atoms with Crippen molar-refractivity contribution in [2.24, 2.45) is 0 Å². The van der Waals surface area contributed by atoms with Gasteiger partial charge in [-0.15, -0.1) is 35.3 Å². The maximum Gasteiger partial charge on any atom is 0.227 e. The Kier molecular flexibility index (Phi) is 16.6. The lowest BCUT2D eigenvalue weighted by Crippen LogP contribution is -2.33. The summed E-state index contributed by atoms with van der Waals surface area (Å²) in [5.41, 5.74) is 6.16. The van der Waals surface area contributed by atoms with Crippen LogP contribution in [0.1, 0.15) is 109 Å². The Balaban J connectivity index is 0.00000588. The van der Waals surface area contributed by atoms with Crippen LogP contribution in [0.3, 0.4) is 0 Å². The van der Waals surface area contributed by atoms with Crippen LogP contribution in [-0.2, 0) is 6.42 Å². The number of anilines is 2. The molecule has 1 heterocycles. The fourth-order valence-corrected chi connectivity index (χ4v) is 7.05. The van der Waals surface area contributed by atoms with Crippen LogP contribution in [-0.4, -0.2) is 47.3 Å². The molecule has 3 rings (SSSR count). The number of hydrogen-bond acceptors (Lipinski definition) is 4. The first-order valence-electron chi connectivity index (χ1n) is 16.1. The number of hydrogen-bond donors (Lipinski definition) is 0. The Hall–Kier alpha value is -1.41. The van der Waals surface area contributed by atoms with Crippen molar-refractivity contribution >= 4 is 56.9 Å². The number of halogens is 1. The molecule has 0 unspecified atom stereocenters. The third-order valence-electron chi connectivity index (χ3n) is 8.14. The number of aromatic nitrogens is 1. The minimum atomic E-state index is 0. The van der Waals surface area contributed by atoms with Gasteiger partial charge in [-0.1, -0.05) is 96.8 Å². The molecule has 0 saturated heterocycles. The monoisotopic (exact) mass is 693 g/mol. The van der Waals surface area contributed by atoms with Gasteiger partial charge in [-0.2, -0.15) is 0 Å². The molecule has 0 amide bonds. The SMILES string of the molecule is CCCCCCCCCCCCCCCCCc1cc2nc3ccc(N(C)C)cc3sc-2c(N(C)C)c1=[N+](C)C.I. The summed E-state index contributed by atoms with van der Waals surface area (Å²) in [6.45, 7) is 2.30. The van der Waals surface area contributed by atoms with Crippen molar-refractivity contribution in [2.75, 3.05) is 52.1 Å². The van der Waals surface area contributed by atoms with Crippen LogP contribution >= 0.6 is 35.3 Å². The van der Waals surface area contributed by atoms with E-state index in [2.05, 4.69) is 87.9 Å². The van der Waals surface area contributed by atoms with Crippen LogP contribution in [0.5, 0.6) is 0 Å². The number of benzene rings is 2. The molecule has 1 aromatic rings. The summed E-state index contributed by atoms with van der Waals surface area (Å²) in [5, 5.41) is 1.35. The minimum absolute atomic E-state index is 0. The van der Waals surface area contributed by atoms with Crippen molar-refractivity contribution < 1.29 is 0 Å². The molecule has 1 aliphatic carbocycles. The predicted octanol–water partition coefficient (Wildman–Crippen LogP) is 9.60. The van der Waals surface area contributed by atoms with E-state index in [1.807, 2.05) is 11.3 Å². The molecule has 0 saturated carbocycles. The summed E-state index contributed by atoms with van der Waals surface area (Å²) in [6.07, 6.45) is 22.2. The first kappa shape index (κ1) is 35.8. The number of aryl methyl sites for hydroxylation is 1. The first-order valence-corrected chi connectivity index (χ1v) is 16.9. The Morgan fingerprint density at radius 2 is 1.24 bits per heavy atom. The average Bonchev–Trinajstić information content (AvgIpc) is 2.92. The van der Waals surface area contributed by atoms with E-state index in [1.165, 1.54) is 128 Å². The fraction of sp³-hybridized carbons (Fsp3) is 0.657. The van der Waals surface area contributed by atoms with Crippen LogP contribution in [0, 0.1) is 0 Å². The maximum atomic E-state index is 5.15. The van der Waals surface area contributed by atoms with E-state index >= 15 is 0 Å². The Bertz CT molecular complexity index is 1210. The molecular weight excluding hydrogens is 635 g/mol. The van der Waals surface area contributed by atoms with E-state index in [0.29, 0.717) is 0 Å². The second kappa shape index (κ2) is 19.0. The highest BCUT2D eigenvalue weighted by atomic mass is 127. The average molecular weight is 694 g/mol. The highest BCUT2D eigenvalue weighted by molar-refractivity contribution is 14.0. The van der Waals surface area contributed by atoms with E-state index in [1.54, 1.807) is 0 Å². The zero-order valence-electron chi connectivity index (χ0n) is 27.2. The normalized spacial score (nSPS) is 11.2. The third-order valence-corrected chi connectivity index (χ3v) is 9.30. The quantitative estimate of drug-likeness (QED) is 0.0574. The van der Waals surface area contributed by atoms with Gasteiger partial charge in [0.05, 0.1) is 20.8 Å². The lowest BCUT2D eigenvalue weighted by molar-refractivity contribution is 0.532. The minimum Gasteiger partial charge on any atom is -0.378 e. The van der Waals surface area contributed by atoms with Crippen LogP contribution in [0.15, 0.2) is 24.3 Å². The molecule has 0 spiro atoms. The van der Waals surface area contributed by atoms with Crippen LogP contribution < -0.4 is 19.7 Å². The molecule has 0 bridgehead atoms. The van der Waals surface area contributed by atoms with E-state index in [9.17, 15) is 0 Å². The second-order valence-corrected chi connectivity index (χ2v) is 13.4. The van der Waals surface area contributed by atoms with Gasteiger partial charge in [0.25, 0.3) is 0 Å². The number of fused-ring (bicyclic) bond motifs is 2. The summed E-state index contributed by atoms with van der Waals surface area (Å²) < 4.78 is 3.55. The highest BCUT2D eigenvalue weighted by Crippen LogP contribution is 2.37. The van der Waals surface area contributed by atoms with Crippen molar-refractivity contribution in [3.8, 4) is 10.6 Å². The van der Waals surface area contributed by atoms with Crippen molar-refractivity contribution in [3.63, 3.8) is 0 Å². The van der Waals surface area contributed by atoms with Gasteiger partial charge in [0.1, 0.15) is 19.8 Å². The van der Waals surface area contributed by atoms with Crippen LogP contribution in [0.4, 0.5) is 11.4 Å². The molecule has 1 aromatic carbocycles. The lowest BCUT2D eigenvalue weighted by atomic mass is 10.0. The summed E-state index contributed by atoms with van der Waals surface area (Å²) in [4.78, 5) is 10.9. The summed E-state index contributed by atoms with van der Waals surface area (Å²) in [7, 11) is 12.9. The van der Waals surface area contributed by atoms with E-state index in [0.717, 1.165) is 17.6 Å². The van der Waals surface area contributed by atoms with Gasteiger partial charge in [0.15, 0.2) is 0 Å². The molecule has 0 aromatic heterocycles. The predicted molar refractivity (Wildman–Crippen MR) is 196 cm³/mol. The molecule has 41 heavy (non-hydrogen) atoms. The van der Waals surface area contributed by atoms with E-state index in [-0.39, 0.29) is 24.0 Å². The molecule has 6 heteroatoms. The van der Waals surface area contributed by atoms with Gasteiger partial charge in [0.2, 0.25) is 5.36 Å². The standard InChI is InChI=1S/C35H57N4S.HI/c1-8-9-10-11-12-13-14-15-16-17-18-19-20-21-22-23-28-26-31-35(34(39(6)7)33(28)38(4)5)40-32-27-29(37(2)3)24-25-30(32)36-31;/h24-27H,8-23H2,1-7H3;1H/q+1;. The molecule has 2 aliphatic rings. The molecule has 1 aliphatic heterocycles. The number of rotatable bonds is 18. The molecule has 0 N–H and O–H groups in total. The zero-order chi connectivity index (χ0) is 28.9. The highest BCUT2D eigenvalue weighted by Gasteiger charge is 2.23. The zero-order valence-corrected chi connectivity index (χ0v) is 30.4. The molecular formula is C35H58IN4S+. The summed E-state index contributed by atoms with van der Waals surface area (Å²) in [5.74, 6) is 0. The van der Waals surface area contributed by atoms with Gasteiger partial charge >= 0.3 is 0 Å². The third kappa shape index (κ3) is 11.0. The van der Waals surface area contributed by atoms with Crippen LogP contribution in [0.25, 0.3) is 20.8 Å². The van der Waals surface area contributed by atoms with Crippen molar-refractivity contribution in [3.05, 3.63) is 35.2 Å². The summed E-state index contributed by atoms with van der Waals surface area (Å²) >= 11 is 1.87. The Morgan fingerprint density at radius 3 is 1.73 bits per heavy atom. The van der Waals surface area contributed by atoms with Gasteiger partial charge in [0, 0.05) is 39.4 Å². The Labute approximate surface area is 272 Å². The molecule has 0 radical (unpaired) electrons. The van der Waals surface area contributed by atoms with Crippen molar-refractivity contribution in [1.29, 1.82) is 0 Å². The molecule has 230 valence electrons. The largest absolute Gasteiger partial charge is 0.378 e. The summed E-state index contributed by atoms with van der Waals surface area (Å²) in [6, 6.07) is 8.98. The molecule has 0 atom stereocenters. The lowest BCUT2D eigenvalue weighted by Gasteiger charge is -2.20. The topological polar surface area (TPSA) is 22.4 Å². The van der Waals surface area contributed by atoms with Crippen molar-refractivity contribution in [2.45, 2.75) is 110 Å². The first-order chi connectivity index (χ1) is 19.3. The number of nitrogens with zero attached hydrogens (tertiary/aromatic N) is 4. The second-order valence-electron chi connectivity index (χ2n) is 12.3. The Morgan fingerprint density at radius 1 is 0.707 bits per heavy atom. The van der Waals surface area contributed by atoms with Crippen molar-refractivity contribution in [1.82, 2.24) is 9.56 Å².